The summed E-state index contributed by atoms with van der Waals surface area (Å²) in [5, 5.41) is 0. The van der Waals surface area contributed by atoms with Crippen LogP contribution in [0.5, 0.6) is 11.9 Å². The molecule has 144 valence electrons. The summed E-state index contributed by atoms with van der Waals surface area (Å²) in [6.45, 7) is 0.836. The van der Waals surface area contributed by atoms with Gasteiger partial charge in [0.1, 0.15) is 13.2 Å². The summed E-state index contributed by atoms with van der Waals surface area (Å²) in [7, 11) is 0. The minimum Gasteiger partial charge on any atom is -0.472 e. The van der Waals surface area contributed by atoms with Gasteiger partial charge in [-0.3, -0.25) is 0 Å². The molecule has 0 radical (unpaired) electrons. The lowest BCUT2D eigenvalue weighted by Gasteiger charge is -2.12. The van der Waals surface area contributed by atoms with Gasteiger partial charge in [-0.05, 0) is 23.3 Å². The van der Waals surface area contributed by atoms with E-state index in [1.54, 1.807) is 18.0 Å². The highest BCUT2D eigenvalue weighted by Crippen LogP contribution is 2.34. The number of aromatic nitrogens is 2. The number of hydrogen-bond acceptors (Lipinski definition) is 5. The van der Waals surface area contributed by atoms with Gasteiger partial charge in [-0.1, -0.05) is 90.6 Å². The van der Waals surface area contributed by atoms with Crippen molar-refractivity contribution in [2.45, 2.75) is 23.0 Å². The topological polar surface area (TPSA) is 44.2 Å². The van der Waals surface area contributed by atoms with Gasteiger partial charge in [0.2, 0.25) is 5.88 Å². The maximum atomic E-state index is 6.04. The first-order chi connectivity index (χ1) is 14.4. The number of benzene rings is 3. The van der Waals surface area contributed by atoms with Crippen LogP contribution < -0.4 is 9.47 Å². The van der Waals surface area contributed by atoms with E-state index in [1.807, 2.05) is 91.0 Å². The molecule has 0 saturated carbocycles. The zero-order valence-corrected chi connectivity index (χ0v) is 16.6. The Kier molecular flexibility index (Phi) is 6.40. The third-order valence-electron chi connectivity index (χ3n) is 4.10. The molecule has 4 nitrogen and oxygen atoms in total. The number of hydrogen-bond donors (Lipinski definition) is 0. The summed E-state index contributed by atoms with van der Waals surface area (Å²) in [5.74, 6) is 0.515. The van der Waals surface area contributed by atoms with Crippen molar-refractivity contribution in [3.8, 4) is 11.9 Å². The number of ether oxygens (including phenoxy) is 2. The highest BCUT2D eigenvalue weighted by Gasteiger charge is 2.12. The van der Waals surface area contributed by atoms with Gasteiger partial charge in [0.05, 0.1) is 11.1 Å². The van der Waals surface area contributed by atoms with E-state index >= 15 is 0 Å². The molecule has 4 aromatic rings. The van der Waals surface area contributed by atoms with Crippen molar-refractivity contribution < 1.29 is 9.47 Å². The van der Waals surface area contributed by atoms with Gasteiger partial charge in [0, 0.05) is 4.90 Å². The minimum atomic E-state index is 0.300. The minimum absolute atomic E-state index is 0.300. The molecule has 0 aliphatic rings. The Labute approximate surface area is 174 Å². The quantitative estimate of drug-likeness (QED) is 0.375. The highest BCUT2D eigenvalue weighted by molar-refractivity contribution is 7.99. The van der Waals surface area contributed by atoms with Gasteiger partial charge in [-0.15, -0.1) is 0 Å². The van der Waals surface area contributed by atoms with Crippen LogP contribution in [0.4, 0.5) is 0 Å². The molecule has 0 saturated heterocycles. The Hall–Kier alpha value is -3.31. The van der Waals surface area contributed by atoms with Gasteiger partial charge in [-0.25, -0.2) is 4.98 Å². The van der Waals surface area contributed by atoms with E-state index in [0.29, 0.717) is 25.1 Å². The maximum absolute atomic E-state index is 6.04. The van der Waals surface area contributed by atoms with E-state index < -0.39 is 0 Å². The van der Waals surface area contributed by atoms with E-state index in [-0.39, 0.29) is 0 Å². The third kappa shape index (κ3) is 5.59. The second kappa shape index (κ2) is 9.75. The largest absolute Gasteiger partial charge is 0.472 e. The molecule has 0 fully saturated rings. The average molecular weight is 401 g/mol. The molecule has 29 heavy (non-hydrogen) atoms. The van der Waals surface area contributed by atoms with Crippen LogP contribution in [0, 0.1) is 0 Å². The van der Waals surface area contributed by atoms with E-state index in [4.69, 9.17) is 9.47 Å². The summed E-state index contributed by atoms with van der Waals surface area (Å²) in [6, 6.07) is 30.4. The van der Waals surface area contributed by atoms with Crippen molar-refractivity contribution in [3.05, 3.63) is 108 Å². The van der Waals surface area contributed by atoms with Crippen LogP contribution in [-0.2, 0) is 13.2 Å². The van der Waals surface area contributed by atoms with Gasteiger partial charge in [-0.2, -0.15) is 4.98 Å². The Balaban J connectivity index is 1.53. The van der Waals surface area contributed by atoms with Crippen molar-refractivity contribution in [1.29, 1.82) is 0 Å². The second-order valence-electron chi connectivity index (χ2n) is 6.29. The molecule has 0 spiro atoms. The van der Waals surface area contributed by atoms with Crippen LogP contribution >= 0.6 is 11.8 Å². The lowest BCUT2D eigenvalue weighted by molar-refractivity contribution is 0.253. The van der Waals surface area contributed by atoms with E-state index in [9.17, 15) is 0 Å². The Bertz CT molecular complexity index is 1030. The first kappa shape index (κ1) is 19.0. The van der Waals surface area contributed by atoms with Gasteiger partial charge in [0.25, 0.3) is 0 Å². The predicted octanol–water partition coefficient (Wildman–Crippen LogP) is 5.79. The number of nitrogens with zero attached hydrogens (tertiary/aromatic N) is 2. The molecule has 1 heterocycles. The molecule has 0 atom stereocenters. The molecule has 5 heteroatoms. The highest BCUT2D eigenvalue weighted by atomic mass is 32.2. The first-order valence-corrected chi connectivity index (χ1v) is 10.1. The number of rotatable bonds is 8. The van der Waals surface area contributed by atoms with Crippen molar-refractivity contribution >= 4 is 11.8 Å². The zero-order valence-electron chi connectivity index (χ0n) is 15.8. The molecular weight excluding hydrogens is 380 g/mol. The van der Waals surface area contributed by atoms with Crippen LogP contribution in [0.3, 0.4) is 0 Å². The molecular formula is C24H20N2O2S. The second-order valence-corrected chi connectivity index (χ2v) is 7.40. The average Bonchev–Trinajstić information content (AvgIpc) is 2.79. The fourth-order valence-corrected chi connectivity index (χ4v) is 3.49. The van der Waals surface area contributed by atoms with E-state index in [0.717, 1.165) is 20.9 Å². The lowest BCUT2D eigenvalue weighted by Crippen LogP contribution is -2.03. The van der Waals surface area contributed by atoms with E-state index in [2.05, 4.69) is 9.97 Å². The Morgan fingerprint density at radius 1 is 0.655 bits per heavy atom. The van der Waals surface area contributed by atoms with Crippen LogP contribution in [0.15, 0.2) is 107 Å². The summed E-state index contributed by atoms with van der Waals surface area (Å²) in [5.41, 5.74) is 2.14. The Morgan fingerprint density at radius 2 is 1.21 bits per heavy atom. The summed E-state index contributed by atoms with van der Waals surface area (Å²) >= 11 is 1.57. The molecule has 4 rings (SSSR count). The SMILES string of the molecule is c1ccc(COc2ncc(Sc3ccccc3)c(OCc3ccccc3)n2)cc1. The molecule has 0 amide bonds. The normalized spacial score (nSPS) is 10.5. The third-order valence-corrected chi connectivity index (χ3v) is 5.11. The first-order valence-electron chi connectivity index (χ1n) is 9.30. The summed E-state index contributed by atoms with van der Waals surface area (Å²) in [4.78, 5) is 10.8. The summed E-state index contributed by atoms with van der Waals surface area (Å²) < 4.78 is 11.8. The monoisotopic (exact) mass is 400 g/mol. The lowest BCUT2D eigenvalue weighted by atomic mass is 10.2. The van der Waals surface area contributed by atoms with Gasteiger partial charge < -0.3 is 9.47 Å². The molecule has 0 bridgehead atoms. The predicted molar refractivity (Wildman–Crippen MR) is 114 cm³/mol. The van der Waals surface area contributed by atoms with Crippen molar-refractivity contribution in [1.82, 2.24) is 9.97 Å². The fourth-order valence-electron chi connectivity index (χ4n) is 2.65. The maximum Gasteiger partial charge on any atom is 0.320 e. The molecule has 0 unspecified atom stereocenters. The molecule has 1 aromatic heterocycles. The smallest absolute Gasteiger partial charge is 0.320 e. The standard InChI is InChI=1S/C24H20N2O2S/c1-4-10-19(11-5-1)17-27-23-22(29-21-14-8-3-9-15-21)16-25-24(26-23)28-18-20-12-6-2-7-13-20/h1-16H,17-18H2. The van der Waals surface area contributed by atoms with Gasteiger partial charge >= 0.3 is 6.01 Å². The summed E-state index contributed by atoms with van der Waals surface area (Å²) in [6.07, 6.45) is 1.76. The van der Waals surface area contributed by atoms with Crippen molar-refractivity contribution in [3.63, 3.8) is 0 Å². The van der Waals surface area contributed by atoms with Crippen LogP contribution in [0.2, 0.25) is 0 Å². The van der Waals surface area contributed by atoms with E-state index in [1.165, 1.54) is 0 Å². The molecule has 3 aromatic carbocycles. The van der Waals surface area contributed by atoms with Gasteiger partial charge in [0.15, 0.2) is 0 Å². The molecule has 0 aliphatic carbocycles. The van der Waals surface area contributed by atoms with Crippen LogP contribution in [0.25, 0.3) is 0 Å². The van der Waals surface area contributed by atoms with Crippen molar-refractivity contribution in [2.75, 3.05) is 0 Å². The fraction of sp³-hybridized carbons (Fsp3) is 0.0833. The molecule has 0 aliphatic heterocycles. The Morgan fingerprint density at radius 3 is 1.83 bits per heavy atom. The van der Waals surface area contributed by atoms with Crippen molar-refractivity contribution in [2.24, 2.45) is 0 Å². The molecule has 0 N–H and O–H groups in total. The van der Waals surface area contributed by atoms with Crippen LogP contribution in [-0.4, -0.2) is 9.97 Å². The van der Waals surface area contributed by atoms with Crippen LogP contribution in [0.1, 0.15) is 11.1 Å². The zero-order chi connectivity index (χ0) is 19.7.